The Morgan fingerprint density at radius 2 is 2.00 bits per heavy atom. The van der Waals surface area contributed by atoms with Crippen molar-refractivity contribution in [2.24, 2.45) is 40.4 Å². The molecule has 0 spiro atoms. The van der Waals surface area contributed by atoms with Crippen LogP contribution in [0.15, 0.2) is 11.6 Å². The molecule has 4 saturated carbocycles. The normalized spacial score (nSPS) is 50.7. The standard InChI is InChI=1S/C22H30O3/c1-21-7-6-17-15(16(21)2-3-18(21)20(25)12-23)10-13-4-8-22(17)9-5-14(24)11-19(13)22/h11,13,15-18,23H,2-10,12H2,1H3/t13-,15?,16?,17?,18?,21+,22-/m1/s1. The van der Waals surface area contributed by atoms with Crippen molar-refractivity contribution in [1.82, 2.24) is 0 Å². The van der Waals surface area contributed by atoms with E-state index in [1.54, 1.807) is 0 Å². The number of aliphatic hydroxyl groups excluding tert-OH is 1. The Morgan fingerprint density at radius 3 is 2.80 bits per heavy atom. The van der Waals surface area contributed by atoms with Crippen LogP contribution in [0.5, 0.6) is 0 Å². The van der Waals surface area contributed by atoms with Crippen LogP contribution in [-0.2, 0) is 9.59 Å². The molecule has 0 radical (unpaired) electrons. The van der Waals surface area contributed by atoms with E-state index < -0.39 is 0 Å². The summed E-state index contributed by atoms with van der Waals surface area (Å²) < 4.78 is 0. The van der Waals surface area contributed by atoms with Gasteiger partial charge in [-0.15, -0.1) is 0 Å². The maximum Gasteiger partial charge on any atom is 0.161 e. The Balaban J connectivity index is 1.51. The van der Waals surface area contributed by atoms with Crippen molar-refractivity contribution >= 4 is 11.6 Å². The summed E-state index contributed by atoms with van der Waals surface area (Å²) in [6.07, 6.45) is 12.1. The van der Waals surface area contributed by atoms with Gasteiger partial charge in [0, 0.05) is 12.3 Å². The van der Waals surface area contributed by atoms with Crippen LogP contribution in [0.1, 0.15) is 64.7 Å². The summed E-state index contributed by atoms with van der Waals surface area (Å²) in [4.78, 5) is 24.4. The molecule has 136 valence electrons. The number of rotatable bonds is 2. The van der Waals surface area contributed by atoms with Gasteiger partial charge in [0.25, 0.3) is 0 Å². The minimum Gasteiger partial charge on any atom is -0.389 e. The molecule has 0 heterocycles. The molecule has 3 heteroatoms. The van der Waals surface area contributed by atoms with Gasteiger partial charge in [0.2, 0.25) is 0 Å². The number of hydrogen-bond donors (Lipinski definition) is 1. The number of aliphatic hydroxyl groups is 1. The molecule has 0 aromatic carbocycles. The molecule has 5 rings (SSSR count). The molecule has 1 N–H and O–H groups in total. The topological polar surface area (TPSA) is 54.4 Å². The molecule has 25 heavy (non-hydrogen) atoms. The first kappa shape index (κ1) is 16.2. The molecule has 4 unspecified atom stereocenters. The van der Waals surface area contributed by atoms with E-state index in [1.165, 1.54) is 31.3 Å². The highest BCUT2D eigenvalue weighted by Gasteiger charge is 2.64. The second kappa shape index (κ2) is 5.28. The molecular formula is C22H30O3. The fourth-order valence-corrected chi connectivity index (χ4v) is 8.36. The molecule has 3 nitrogen and oxygen atoms in total. The highest BCUT2D eigenvalue weighted by molar-refractivity contribution is 5.92. The Morgan fingerprint density at radius 1 is 1.16 bits per heavy atom. The van der Waals surface area contributed by atoms with Crippen LogP contribution < -0.4 is 0 Å². The minimum atomic E-state index is -0.289. The van der Waals surface area contributed by atoms with Gasteiger partial charge in [-0.3, -0.25) is 9.59 Å². The quantitative estimate of drug-likeness (QED) is 0.832. The van der Waals surface area contributed by atoms with Crippen LogP contribution in [0.3, 0.4) is 0 Å². The number of fused-ring (bicyclic) bond motifs is 3. The maximum absolute atomic E-state index is 12.3. The SMILES string of the molecule is C[C@]12CCC3C(C[C@H]4CC[C@@]35CCC(=O)C=C45)C1CCC2C(=O)CO. The number of Topliss-reactive ketones (excluding diaryl/α,β-unsaturated/α-hetero) is 1. The third-order valence-electron chi connectivity index (χ3n) is 9.34. The minimum absolute atomic E-state index is 0.0727. The van der Waals surface area contributed by atoms with Gasteiger partial charge in [-0.25, -0.2) is 0 Å². The van der Waals surface area contributed by atoms with Crippen LogP contribution in [0.25, 0.3) is 0 Å². The van der Waals surface area contributed by atoms with Gasteiger partial charge in [0.15, 0.2) is 11.6 Å². The third kappa shape index (κ3) is 1.97. The molecule has 7 atom stereocenters. The fraction of sp³-hybridized carbons (Fsp3) is 0.818. The van der Waals surface area contributed by atoms with Crippen LogP contribution in [-0.4, -0.2) is 23.3 Å². The van der Waals surface area contributed by atoms with Gasteiger partial charge >= 0.3 is 0 Å². The summed E-state index contributed by atoms with van der Waals surface area (Å²) >= 11 is 0. The molecule has 0 saturated heterocycles. The molecule has 0 aliphatic heterocycles. The van der Waals surface area contributed by atoms with Crippen LogP contribution in [0.4, 0.5) is 0 Å². The van der Waals surface area contributed by atoms with E-state index in [2.05, 4.69) is 6.92 Å². The lowest BCUT2D eigenvalue weighted by atomic mass is 9.46. The number of carbonyl (C=O) groups is 2. The highest BCUT2D eigenvalue weighted by atomic mass is 16.3. The first-order valence-electron chi connectivity index (χ1n) is 10.4. The predicted molar refractivity (Wildman–Crippen MR) is 94.7 cm³/mol. The third-order valence-corrected chi connectivity index (χ3v) is 9.34. The molecular weight excluding hydrogens is 312 g/mol. The average Bonchev–Trinajstić information content (AvgIpc) is 3.08. The van der Waals surface area contributed by atoms with Gasteiger partial charge in [-0.05, 0) is 91.9 Å². The van der Waals surface area contributed by atoms with Gasteiger partial charge in [-0.2, -0.15) is 0 Å². The maximum atomic E-state index is 12.3. The van der Waals surface area contributed by atoms with Crippen molar-refractivity contribution in [3.63, 3.8) is 0 Å². The molecule has 4 fully saturated rings. The smallest absolute Gasteiger partial charge is 0.161 e. The van der Waals surface area contributed by atoms with Crippen molar-refractivity contribution in [1.29, 1.82) is 0 Å². The Labute approximate surface area is 150 Å². The van der Waals surface area contributed by atoms with E-state index in [0.29, 0.717) is 23.0 Å². The van der Waals surface area contributed by atoms with Crippen molar-refractivity contribution in [2.45, 2.75) is 64.7 Å². The Hall–Kier alpha value is -0.960. The molecule has 5 aliphatic rings. The predicted octanol–water partition coefficient (Wildman–Crippen LogP) is 3.70. The molecule has 0 amide bonds. The van der Waals surface area contributed by atoms with Crippen LogP contribution >= 0.6 is 0 Å². The van der Waals surface area contributed by atoms with E-state index in [4.69, 9.17) is 0 Å². The van der Waals surface area contributed by atoms with Crippen molar-refractivity contribution in [3.05, 3.63) is 11.6 Å². The van der Waals surface area contributed by atoms with E-state index in [-0.39, 0.29) is 23.7 Å². The zero-order valence-corrected chi connectivity index (χ0v) is 15.3. The van der Waals surface area contributed by atoms with Gasteiger partial charge in [-0.1, -0.05) is 12.5 Å². The number of hydrogen-bond acceptors (Lipinski definition) is 3. The molecule has 2 bridgehead atoms. The second-order valence-corrected chi connectivity index (χ2v) is 9.87. The number of allylic oxidation sites excluding steroid dienone is 1. The van der Waals surface area contributed by atoms with E-state index in [0.717, 1.165) is 43.9 Å². The lowest BCUT2D eigenvalue weighted by Gasteiger charge is -2.58. The fourth-order valence-electron chi connectivity index (χ4n) is 8.36. The van der Waals surface area contributed by atoms with E-state index >= 15 is 0 Å². The molecule has 5 aliphatic carbocycles. The summed E-state index contributed by atoms with van der Waals surface area (Å²) in [5, 5.41) is 9.42. The van der Waals surface area contributed by atoms with Crippen molar-refractivity contribution in [2.75, 3.05) is 6.61 Å². The summed E-state index contributed by atoms with van der Waals surface area (Å²) in [6, 6.07) is 0. The molecule has 0 aromatic heterocycles. The van der Waals surface area contributed by atoms with Gasteiger partial charge < -0.3 is 5.11 Å². The zero-order chi connectivity index (χ0) is 17.4. The van der Waals surface area contributed by atoms with Crippen LogP contribution in [0, 0.1) is 40.4 Å². The lowest BCUT2D eigenvalue weighted by Crippen LogP contribution is -2.51. The summed E-state index contributed by atoms with van der Waals surface area (Å²) in [5.74, 6) is 3.22. The number of carbonyl (C=O) groups excluding carboxylic acids is 2. The van der Waals surface area contributed by atoms with Crippen molar-refractivity contribution in [3.8, 4) is 0 Å². The monoisotopic (exact) mass is 342 g/mol. The Kier molecular flexibility index (Phi) is 3.43. The largest absolute Gasteiger partial charge is 0.389 e. The van der Waals surface area contributed by atoms with Gasteiger partial charge in [0.1, 0.15) is 6.61 Å². The van der Waals surface area contributed by atoms with E-state index in [1.807, 2.05) is 6.08 Å². The zero-order valence-electron chi connectivity index (χ0n) is 15.3. The lowest BCUT2D eigenvalue weighted by molar-refractivity contribution is -0.133. The van der Waals surface area contributed by atoms with E-state index in [9.17, 15) is 14.7 Å². The summed E-state index contributed by atoms with van der Waals surface area (Å²) in [6.45, 7) is 2.05. The summed E-state index contributed by atoms with van der Waals surface area (Å²) in [5.41, 5.74) is 1.94. The second-order valence-electron chi connectivity index (χ2n) is 9.87. The van der Waals surface area contributed by atoms with Crippen molar-refractivity contribution < 1.29 is 14.7 Å². The molecule has 0 aromatic rings. The summed E-state index contributed by atoms with van der Waals surface area (Å²) in [7, 11) is 0. The first-order chi connectivity index (χ1) is 12.0. The van der Waals surface area contributed by atoms with Crippen LogP contribution in [0.2, 0.25) is 0 Å². The highest BCUT2D eigenvalue weighted by Crippen LogP contribution is 2.71. The first-order valence-corrected chi connectivity index (χ1v) is 10.4. The number of ketones is 2. The van der Waals surface area contributed by atoms with Gasteiger partial charge in [0.05, 0.1) is 0 Å². The Bertz CT molecular complexity index is 664. The average molecular weight is 342 g/mol.